The number of amides is 1. The van der Waals surface area contributed by atoms with Gasteiger partial charge in [-0.25, -0.2) is 13.2 Å². The SMILES string of the molecule is COC(=O)c1cccc(NC(=O)C(C)N(c2cc(Cl)ccc2OC)S(C)(=O)=O)c1. The van der Waals surface area contributed by atoms with E-state index >= 15 is 0 Å². The van der Waals surface area contributed by atoms with Gasteiger partial charge in [0.2, 0.25) is 15.9 Å². The molecule has 0 spiro atoms. The number of hydrogen-bond acceptors (Lipinski definition) is 6. The van der Waals surface area contributed by atoms with Gasteiger partial charge in [-0.3, -0.25) is 9.10 Å². The summed E-state index contributed by atoms with van der Waals surface area (Å²) in [6.07, 6.45) is 0.981. The fraction of sp³-hybridized carbons (Fsp3) is 0.263. The zero-order chi connectivity index (χ0) is 21.8. The summed E-state index contributed by atoms with van der Waals surface area (Å²) in [5.74, 6) is -0.929. The summed E-state index contributed by atoms with van der Waals surface area (Å²) in [6, 6.07) is 9.43. The quantitative estimate of drug-likeness (QED) is 0.664. The van der Waals surface area contributed by atoms with E-state index in [1.807, 2.05) is 0 Å². The summed E-state index contributed by atoms with van der Waals surface area (Å²) in [5, 5.41) is 2.89. The third kappa shape index (κ3) is 5.39. The molecule has 0 heterocycles. The minimum absolute atomic E-state index is 0.133. The van der Waals surface area contributed by atoms with E-state index in [2.05, 4.69) is 10.1 Å². The lowest BCUT2D eigenvalue weighted by Crippen LogP contribution is -2.45. The van der Waals surface area contributed by atoms with Crippen molar-refractivity contribution in [3.05, 3.63) is 53.1 Å². The number of benzene rings is 2. The molecule has 156 valence electrons. The zero-order valence-corrected chi connectivity index (χ0v) is 17.9. The molecule has 0 aliphatic rings. The number of nitrogens with zero attached hydrogens (tertiary/aromatic N) is 1. The Labute approximate surface area is 174 Å². The van der Waals surface area contributed by atoms with Crippen LogP contribution in [0.3, 0.4) is 0 Å². The lowest BCUT2D eigenvalue weighted by Gasteiger charge is -2.29. The van der Waals surface area contributed by atoms with Gasteiger partial charge in [-0.05, 0) is 43.3 Å². The maximum absolute atomic E-state index is 12.8. The highest BCUT2D eigenvalue weighted by Crippen LogP contribution is 2.34. The van der Waals surface area contributed by atoms with Gasteiger partial charge in [0.1, 0.15) is 11.8 Å². The van der Waals surface area contributed by atoms with E-state index in [4.69, 9.17) is 16.3 Å². The van der Waals surface area contributed by atoms with Crippen molar-refractivity contribution < 1.29 is 27.5 Å². The van der Waals surface area contributed by atoms with Crippen LogP contribution in [0.1, 0.15) is 17.3 Å². The fourth-order valence-corrected chi connectivity index (χ4v) is 4.04. The Morgan fingerprint density at radius 2 is 1.83 bits per heavy atom. The monoisotopic (exact) mass is 440 g/mol. The van der Waals surface area contributed by atoms with Crippen LogP contribution < -0.4 is 14.4 Å². The second kappa shape index (κ2) is 9.15. The molecule has 0 saturated carbocycles. The van der Waals surface area contributed by atoms with Crippen molar-refractivity contribution in [2.45, 2.75) is 13.0 Å². The number of hydrogen-bond donors (Lipinski definition) is 1. The number of rotatable bonds is 7. The predicted molar refractivity (Wildman–Crippen MR) is 111 cm³/mol. The number of methoxy groups -OCH3 is 2. The number of carbonyl (C=O) groups excluding carboxylic acids is 2. The topological polar surface area (TPSA) is 102 Å². The third-order valence-corrected chi connectivity index (χ3v) is 5.48. The van der Waals surface area contributed by atoms with Crippen molar-refractivity contribution in [3.63, 3.8) is 0 Å². The van der Waals surface area contributed by atoms with Crippen LogP contribution in [0.4, 0.5) is 11.4 Å². The maximum atomic E-state index is 12.8. The third-order valence-electron chi connectivity index (χ3n) is 4.02. The van der Waals surface area contributed by atoms with E-state index in [-0.39, 0.29) is 22.0 Å². The Morgan fingerprint density at radius 3 is 2.41 bits per heavy atom. The van der Waals surface area contributed by atoms with Crippen molar-refractivity contribution in [2.75, 3.05) is 30.1 Å². The molecule has 2 aromatic carbocycles. The fourth-order valence-electron chi connectivity index (χ4n) is 2.70. The molecular weight excluding hydrogens is 420 g/mol. The van der Waals surface area contributed by atoms with Gasteiger partial charge in [0.05, 0.1) is 31.7 Å². The molecule has 2 aromatic rings. The number of esters is 1. The number of anilines is 2. The minimum Gasteiger partial charge on any atom is -0.495 e. The van der Waals surface area contributed by atoms with Crippen molar-refractivity contribution in [2.24, 2.45) is 0 Å². The molecule has 0 bridgehead atoms. The summed E-state index contributed by atoms with van der Waals surface area (Å²) in [7, 11) is -1.24. The van der Waals surface area contributed by atoms with E-state index in [9.17, 15) is 18.0 Å². The highest BCUT2D eigenvalue weighted by atomic mass is 35.5. The average Bonchev–Trinajstić information content (AvgIpc) is 2.66. The molecule has 8 nitrogen and oxygen atoms in total. The molecular formula is C19H21ClN2O6S. The summed E-state index contributed by atoms with van der Waals surface area (Å²) < 4.78 is 35.8. The molecule has 1 amide bonds. The van der Waals surface area contributed by atoms with Crippen LogP contribution in [0.25, 0.3) is 0 Å². The number of nitrogens with one attached hydrogen (secondary N) is 1. The first kappa shape index (κ1) is 22.5. The van der Waals surface area contributed by atoms with E-state index in [1.165, 1.54) is 45.4 Å². The zero-order valence-electron chi connectivity index (χ0n) is 16.3. The molecule has 0 fully saturated rings. The molecule has 1 atom stereocenters. The predicted octanol–water partition coefficient (Wildman–Crippen LogP) is 2.93. The van der Waals surface area contributed by atoms with E-state index in [1.54, 1.807) is 18.2 Å². The summed E-state index contributed by atoms with van der Waals surface area (Å²) in [6.45, 7) is 1.43. The first-order valence-electron chi connectivity index (χ1n) is 8.40. The van der Waals surface area contributed by atoms with Crippen molar-refractivity contribution in [1.29, 1.82) is 0 Å². The number of ether oxygens (including phenoxy) is 2. The molecule has 0 saturated heterocycles. The second-order valence-electron chi connectivity index (χ2n) is 6.11. The van der Waals surface area contributed by atoms with Crippen LogP contribution in [-0.4, -0.2) is 46.8 Å². The van der Waals surface area contributed by atoms with Gasteiger partial charge in [0, 0.05) is 10.7 Å². The smallest absolute Gasteiger partial charge is 0.337 e. The van der Waals surface area contributed by atoms with Crippen LogP contribution in [0.15, 0.2) is 42.5 Å². The molecule has 0 aromatic heterocycles. The Balaban J connectivity index is 2.38. The first-order chi connectivity index (χ1) is 13.6. The van der Waals surface area contributed by atoms with E-state index in [0.717, 1.165) is 10.6 Å². The Kier molecular flexibility index (Phi) is 7.10. The molecule has 1 N–H and O–H groups in total. The average molecular weight is 441 g/mol. The lowest BCUT2D eigenvalue weighted by molar-refractivity contribution is -0.116. The van der Waals surface area contributed by atoms with Crippen LogP contribution >= 0.6 is 11.6 Å². The van der Waals surface area contributed by atoms with Crippen molar-refractivity contribution in [1.82, 2.24) is 0 Å². The van der Waals surface area contributed by atoms with Crippen LogP contribution in [0, 0.1) is 0 Å². The Bertz CT molecular complexity index is 1030. The van der Waals surface area contributed by atoms with Crippen LogP contribution in [-0.2, 0) is 19.6 Å². The Morgan fingerprint density at radius 1 is 1.14 bits per heavy atom. The van der Waals surface area contributed by atoms with Crippen LogP contribution in [0.5, 0.6) is 5.75 Å². The molecule has 0 aliphatic carbocycles. The molecule has 29 heavy (non-hydrogen) atoms. The van der Waals surface area contributed by atoms with Gasteiger partial charge in [0.15, 0.2) is 0 Å². The second-order valence-corrected chi connectivity index (χ2v) is 8.41. The van der Waals surface area contributed by atoms with Gasteiger partial charge in [-0.1, -0.05) is 17.7 Å². The van der Waals surface area contributed by atoms with Gasteiger partial charge >= 0.3 is 5.97 Å². The van der Waals surface area contributed by atoms with Crippen molar-refractivity contribution >= 4 is 44.9 Å². The summed E-state index contributed by atoms with van der Waals surface area (Å²) >= 11 is 6.02. The number of halogens is 1. The van der Waals surface area contributed by atoms with Gasteiger partial charge in [0.25, 0.3) is 0 Å². The normalized spacial score (nSPS) is 12.0. The molecule has 2 rings (SSSR count). The van der Waals surface area contributed by atoms with E-state index in [0.29, 0.717) is 5.69 Å². The highest BCUT2D eigenvalue weighted by Gasteiger charge is 2.31. The van der Waals surface area contributed by atoms with Gasteiger partial charge in [-0.2, -0.15) is 0 Å². The summed E-state index contributed by atoms with van der Waals surface area (Å²) in [5.41, 5.74) is 0.694. The standard InChI is InChI=1S/C19H21ClN2O6S/c1-12(18(23)21-15-7-5-6-13(10-15)19(24)28-3)22(29(4,25)26)16-11-14(20)8-9-17(16)27-2/h5-12H,1-4H3,(H,21,23). The molecule has 0 aliphatic heterocycles. The van der Waals surface area contributed by atoms with Crippen LogP contribution in [0.2, 0.25) is 5.02 Å². The number of sulfonamides is 1. The molecule has 10 heteroatoms. The molecule has 1 unspecified atom stereocenters. The van der Waals surface area contributed by atoms with Gasteiger partial charge < -0.3 is 14.8 Å². The minimum atomic E-state index is -3.87. The maximum Gasteiger partial charge on any atom is 0.337 e. The van der Waals surface area contributed by atoms with E-state index < -0.39 is 27.9 Å². The Hall–Kier alpha value is -2.78. The number of carbonyl (C=O) groups is 2. The highest BCUT2D eigenvalue weighted by molar-refractivity contribution is 7.92. The largest absolute Gasteiger partial charge is 0.495 e. The first-order valence-corrected chi connectivity index (χ1v) is 10.6. The van der Waals surface area contributed by atoms with Crippen molar-refractivity contribution in [3.8, 4) is 5.75 Å². The molecule has 0 radical (unpaired) electrons. The lowest BCUT2D eigenvalue weighted by atomic mass is 10.2. The van der Waals surface area contributed by atoms with Gasteiger partial charge in [-0.15, -0.1) is 0 Å². The summed E-state index contributed by atoms with van der Waals surface area (Å²) in [4.78, 5) is 24.5.